The minimum absolute atomic E-state index is 0.0246. The van der Waals surface area contributed by atoms with Gasteiger partial charge in [-0.25, -0.2) is 5.43 Å². The van der Waals surface area contributed by atoms with E-state index in [4.69, 9.17) is 4.74 Å². The number of aromatic nitrogens is 1. The van der Waals surface area contributed by atoms with Gasteiger partial charge >= 0.3 is 0 Å². The second kappa shape index (κ2) is 7.07. The molecule has 1 aliphatic rings. The molecule has 0 bridgehead atoms. The van der Waals surface area contributed by atoms with Gasteiger partial charge in [0.2, 0.25) is 0 Å². The van der Waals surface area contributed by atoms with Crippen LogP contribution in [0.3, 0.4) is 0 Å². The van der Waals surface area contributed by atoms with Gasteiger partial charge in [-0.3, -0.25) is 9.78 Å². The summed E-state index contributed by atoms with van der Waals surface area (Å²) in [6, 6.07) is 14.5. The van der Waals surface area contributed by atoms with Crippen molar-refractivity contribution >= 4 is 23.0 Å². The minimum Gasteiger partial charge on any atom is -0.504 e. The summed E-state index contributed by atoms with van der Waals surface area (Å²) in [5.74, 6) is 0.454. The van der Waals surface area contributed by atoms with Gasteiger partial charge in [-0.05, 0) is 37.1 Å². The molecule has 0 atom stereocenters. The van der Waals surface area contributed by atoms with Gasteiger partial charge in [0.05, 0.1) is 24.4 Å². The molecular formula is C21H19N3O3. The first kappa shape index (κ1) is 17.0. The average molecular weight is 361 g/mol. The Labute approximate surface area is 156 Å². The fourth-order valence-corrected chi connectivity index (χ4v) is 3.00. The summed E-state index contributed by atoms with van der Waals surface area (Å²) in [6.07, 6.45) is 3.61. The molecule has 3 aromatic rings. The van der Waals surface area contributed by atoms with Crippen LogP contribution in [0.15, 0.2) is 53.6 Å². The van der Waals surface area contributed by atoms with Crippen molar-refractivity contribution in [3.05, 3.63) is 65.4 Å². The molecule has 1 aromatic heterocycles. The maximum absolute atomic E-state index is 12.7. The number of amides is 1. The molecule has 0 unspecified atom stereocenters. The lowest BCUT2D eigenvalue weighted by molar-refractivity contribution is 0.0956. The lowest BCUT2D eigenvalue weighted by Gasteiger charge is -2.08. The van der Waals surface area contributed by atoms with Crippen LogP contribution >= 0.6 is 0 Å². The maximum Gasteiger partial charge on any atom is 0.272 e. The number of hydrogen-bond donors (Lipinski definition) is 2. The van der Waals surface area contributed by atoms with Crippen molar-refractivity contribution in [3.8, 4) is 11.5 Å². The molecule has 6 heteroatoms. The summed E-state index contributed by atoms with van der Waals surface area (Å²) in [4.78, 5) is 17.4. The van der Waals surface area contributed by atoms with Gasteiger partial charge in [0.25, 0.3) is 5.91 Å². The lowest BCUT2D eigenvalue weighted by Crippen LogP contribution is -2.18. The van der Waals surface area contributed by atoms with E-state index in [-0.39, 0.29) is 11.7 Å². The van der Waals surface area contributed by atoms with E-state index in [1.165, 1.54) is 13.3 Å². The van der Waals surface area contributed by atoms with E-state index in [0.717, 1.165) is 29.4 Å². The third-order valence-corrected chi connectivity index (χ3v) is 4.60. The van der Waals surface area contributed by atoms with E-state index in [1.807, 2.05) is 30.3 Å². The van der Waals surface area contributed by atoms with E-state index in [1.54, 1.807) is 18.2 Å². The molecule has 136 valence electrons. The summed E-state index contributed by atoms with van der Waals surface area (Å²) in [5, 5.41) is 14.9. The molecule has 1 fully saturated rings. The number of rotatable bonds is 5. The number of aromatic hydroxyl groups is 1. The third kappa shape index (κ3) is 3.46. The second-order valence-corrected chi connectivity index (χ2v) is 6.48. The molecule has 1 aliphatic carbocycles. The fourth-order valence-electron chi connectivity index (χ4n) is 3.00. The molecule has 0 radical (unpaired) electrons. The van der Waals surface area contributed by atoms with Crippen LogP contribution in [0, 0.1) is 0 Å². The minimum atomic E-state index is -0.311. The number of pyridine rings is 1. The predicted octanol–water partition coefficient (Wildman–Crippen LogP) is 3.59. The highest BCUT2D eigenvalue weighted by Gasteiger charge is 2.26. The van der Waals surface area contributed by atoms with E-state index >= 15 is 0 Å². The van der Waals surface area contributed by atoms with Gasteiger partial charge in [0.15, 0.2) is 11.5 Å². The van der Waals surface area contributed by atoms with Crippen LogP contribution in [-0.2, 0) is 0 Å². The lowest BCUT2D eigenvalue weighted by atomic mass is 10.1. The number of para-hydroxylation sites is 2. The van der Waals surface area contributed by atoms with Crippen LogP contribution < -0.4 is 10.2 Å². The first-order valence-corrected chi connectivity index (χ1v) is 8.76. The zero-order valence-corrected chi connectivity index (χ0v) is 14.8. The summed E-state index contributed by atoms with van der Waals surface area (Å²) in [7, 11) is 1.48. The predicted molar refractivity (Wildman–Crippen MR) is 103 cm³/mol. The third-order valence-electron chi connectivity index (χ3n) is 4.60. The zero-order valence-electron chi connectivity index (χ0n) is 14.8. The number of nitrogens with one attached hydrogen (secondary N) is 1. The largest absolute Gasteiger partial charge is 0.504 e. The number of carbonyl (C=O) groups excluding carboxylic acids is 1. The number of fused-ring (bicyclic) bond motifs is 1. The summed E-state index contributed by atoms with van der Waals surface area (Å²) in [5.41, 5.74) is 5.30. The Morgan fingerprint density at radius 3 is 2.85 bits per heavy atom. The first-order valence-electron chi connectivity index (χ1n) is 8.76. The number of ether oxygens (including phenoxy) is 1. The van der Waals surface area contributed by atoms with Crippen LogP contribution in [0.1, 0.15) is 40.4 Å². The first-order chi connectivity index (χ1) is 13.2. The van der Waals surface area contributed by atoms with E-state index in [0.29, 0.717) is 22.8 Å². The molecule has 1 heterocycles. The molecule has 1 saturated carbocycles. The highest BCUT2D eigenvalue weighted by atomic mass is 16.5. The zero-order chi connectivity index (χ0) is 18.8. The molecule has 1 amide bonds. The maximum atomic E-state index is 12.7. The van der Waals surface area contributed by atoms with Crippen molar-refractivity contribution in [3.63, 3.8) is 0 Å². The highest BCUT2D eigenvalue weighted by Crippen LogP contribution is 2.40. The standard InChI is InChI=1S/C21H19N3O3/c1-27-19-8-4-5-14(20(19)25)12-22-24-21(26)16-11-18(13-9-10-13)23-17-7-3-2-6-15(16)17/h2-8,11-13,25H,9-10H2,1H3,(H,24,26)/b22-12+. The van der Waals surface area contributed by atoms with Crippen LogP contribution in [0.5, 0.6) is 11.5 Å². The number of hydrazone groups is 1. The number of carbonyl (C=O) groups is 1. The fraction of sp³-hybridized carbons (Fsp3) is 0.190. The molecule has 0 spiro atoms. The number of methoxy groups -OCH3 is 1. The molecule has 0 saturated heterocycles. The normalized spacial score (nSPS) is 13.8. The van der Waals surface area contributed by atoms with E-state index in [2.05, 4.69) is 15.5 Å². The smallest absolute Gasteiger partial charge is 0.272 e. The summed E-state index contributed by atoms with van der Waals surface area (Å²) >= 11 is 0. The quantitative estimate of drug-likeness (QED) is 0.537. The average Bonchev–Trinajstić information content (AvgIpc) is 3.53. The van der Waals surface area contributed by atoms with Crippen LogP contribution in [-0.4, -0.2) is 29.3 Å². The molecular weight excluding hydrogens is 342 g/mol. The van der Waals surface area contributed by atoms with Crippen molar-refractivity contribution in [2.75, 3.05) is 7.11 Å². The van der Waals surface area contributed by atoms with Crippen molar-refractivity contribution in [1.29, 1.82) is 0 Å². The Hall–Kier alpha value is -3.41. The Bertz CT molecular complexity index is 1040. The number of hydrogen-bond acceptors (Lipinski definition) is 5. The van der Waals surface area contributed by atoms with Gasteiger partial charge in [-0.1, -0.05) is 24.3 Å². The Morgan fingerprint density at radius 2 is 2.07 bits per heavy atom. The molecule has 6 nitrogen and oxygen atoms in total. The van der Waals surface area contributed by atoms with Crippen molar-refractivity contribution in [2.45, 2.75) is 18.8 Å². The number of phenolic OH excluding ortho intramolecular Hbond substituents is 1. The van der Waals surface area contributed by atoms with Gasteiger partial charge < -0.3 is 9.84 Å². The summed E-state index contributed by atoms with van der Waals surface area (Å²) < 4.78 is 5.07. The van der Waals surface area contributed by atoms with Crippen molar-refractivity contribution in [1.82, 2.24) is 10.4 Å². The topological polar surface area (TPSA) is 83.8 Å². The Kier molecular flexibility index (Phi) is 4.46. The van der Waals surface area contributed by atoms with Crippen LogP contribution in [0.4, 0.5) is 0 Å². The molecule has 27 heavy (non-hydrogen) atoms. The Balaban J connectivity index is 1.60. The number of benzene rings is 2. The number of nitrogens with zero attached hydrogens (tertiary/aromatic N) is 2. The van der Waals surface area contributed by atoms with E-state index in [9.17, 15) is 9.90 Å². The molecule has 4 rings (SSSR count). The van der Waals surface area contributed by atoms with Crippen LogP contribution in [0.2, 0.25) is 0 Å². The highest BCUT2D eigenvalue weighted by molar-refractivity contribution is 6.06. The SMILES string of the molecule is COc1cccc(/C=N/NC(=O)c2cc(C3CC3)nc3ccccc23)c1O. The van der Waals surface area contributed by atoms with Crippen molar-refractivity contribution in [2.24, 2.45) is 5.10 Å². The molecule has 0 aliphatic heterocycles. The van der Waals surface area contributed by atoms with Crippen LogP contribution in [0.25, 0.3) is 10.9 Å². The van der Waals surface area contributed by atoms with Gasteiger partial charge in [0, 0.05) is 22.6 Å². The monoisotopic (exact) mass is 361 g/mol. The Morgan fingerprint density at radius 1 is 1.26 bits per heavy atom. The van der Waals surface area contributed by atoms with Gasteiger partial charge in [-0.2, -0.15) is 5.10 Å². The van der Waals surface area contributed by atoms with Gasteiger partial charge in [-0.15, -0.1) is 0 Å². The molecule has 2 N–H and O–H groups in total. The second-order valence-electron chi connectivity index (χ2n) is 6.48. The summed E-state index contributed by atoms with van der Waals surface area (Å²) in [6.45, 7) is 0. The molecule has 2 aromatic carbocycles. The number of phenols is 1. The van der Waals surface area contributed by atoms with Gasteiger partial charge in [0.1, 0.15) is 0 Å². The van der Waals surface area contributed by atoms with Crippen molar-refractivity contribution < 1.29 is 14.6 Å². The van der Waals surface area contributed by atoms with E-state index < -0.39 is 0 Å².